The number of carbonyl (C=O) groups excluding carboxylic acids is 1. The topological polar surface area (TPSA) is 52.3 Å². The zero-order valence-corrected chi connectivity index (χ0v) is 9.91. The highest BCUT2D eigenvalue weighted by molar-refractivity contribution is 5.92. The number of carbonyl (C=O) groups is 1. The van der Waals surface area contributed by atoms with Crippen molar-refractivity contribution in [2.75, 3.05) is 12.8 Å². The van der Waals surface area contributed by atoms with E-state index in [1.807, 2.05) is 0 Å². The van der Waals surface area contributed by atoms with E-state index in [0.29, 0.717) is 0 Å². The fraction of sp³-hybridized carbons (Fsp3) is 0.300. The molecule has 0 spiro atoms. The zero-order valence-electron chi connectivity index (χ0n) is 9.09. The van der Waals surface area contributed by atoms with Gasteiger partial charge in [-0.1, -0.05) is 0 Å². The molecule has 0 saturated heterocycles. The third kappa shape index (κ3) is 3.26. The largest absolute Gasteiger partial charge is 0.465 e. The van der Waals surface area contributed by atoms with Crippen LogP contribution in [0.5, 0.6) is 0 Å². The molecule has 17 heavy (non-hydrogen) atoms. The molecule has 0 radical (unpaired) electrons. The van der Waals surface area contributed by atoms with Gasteiger partial charge in [0.05, 0.1) is 18.2 Å². The summed E-state index contributed by atoms with van der Waals surface area (Å²) < 4.78 is 41.7. The van der Waals surface area contributed by atoms with Crippen molar-refractivity contribution in [3.63, 3.8) is 0 Å². The van der Waals surface area contributed by atoms with Crippen LogP contribution in [0.15, 0.2) is 12.1 Å². The maximum absolute atomic E-state index is 12.4. The molecule has 0 heterocycles. The molecule has 0 fully saturated rings. The summed E-state index contributed by atoms with van der Waals surface area (Å²) in [5, 5.41) is 0. The van der Waals surface area contributed by atoms with Crippen molar-refractivity contribution in [2.45, 2.75) is 13.1 Å². The fourth-order valence-corrected chi connectivity index (χ4v) is 1.22. The number of benzene rings is 1. The first kappa shape index (κ1) is 15.6. The zero-order chi connectivity index (χ0) is 12.5. The van der Waals surface area contributed by atoms with Gasteiger partial charge >= 0.3 is 12.1 Å². The molecule has 0 bridgehead atoms. The third-order valence-corrected chi connectivity index (χ3v) is 2.18. The van der Waals surface area contributed by atoms with Gasteiger partial charge in [-0.15, -0.1) is 12.4 Å². The first-order valence-corrected chi connectivity index (χ1v) is 4.33. The Balaban J connectivity index is 0.00000256. The summed E-state index contributed by atoms with van der Waals surface area (Å²) >= 11 is 0. The second-order valence-corrected chi connectivity index (χ2v) is 3.23. The molecule has 0 aliphatic heterocycles. The van der Waals surface area contributed by atoms with Gasteiger partial charge in [0.2, 0.25) is 0 Å². The molecule has 1 aromatic carbocycles. The van der Waals surface area contributed by atoms with E-state index in [4.69, 9.17) is 5.73 Å². The maximum Gasteiger partial charge on any atom is 0.416 e. The van der Waals surface area contributed by atoms with Gasteiger partial charge in [-0.3, -0.25) is 0 Å². The fourth-order valence-electron chi connectivity index (χ4n) is 1.22. The Labute approximate surface area is 102 Å². The van der Waals surface area contributed by atoms with Crippen LogP contribution in [0.2, 0.25) is 0 Å². The summed E-state index contributed by atoms with van der Waals surface area (Å²) in [7, 11) is 1.10. The monoisotopic (exact) mass is 269 g/mol. The summed E-state index contributed by atoms with van der Waals surface area (Å²) in [4.78, 5) is 11.2. The molecule has 2 N–H and O–H groups in total. The van der Waals surface area contributed by atoms with Crippen LogP contribution < -0.4 is 5.73 Å². The number of nitrogens with two attached hydrogens (primary N) is 1. The van der Waals surface area contributed by atoms with Gasteiger partial charge in [0.25, 0.3) is 0 Å². The van der Waals surface area contributed by atoms with Crippen molar-refractivity contribution in [2.24, 2.45) is 0 Å². The van der Waals surface area contributed by atoms with E-state index in [2.05, 4.69) is 4.74 Å². The SMILES string of the molecule is COC(=O)c1cc(C(F)(F)F)cc(N)c1C.Cl. The summed E-state index contributed by atoms with van der Waals surface area (Å²) in [6.45, 7) is 1.46. The Morgan fingerprint density at radius 2 is 1.88 bits per heavy atom. The average Bonchev–Trinajstić information content (AvgIpc) is 2.19. The number of nitrogen functional groups attached to an aromatic ring is 1. The van der Waals surface area contributed by atoms with Crippen LogP contribution in [-0.2, 0) is 10.9 Å². The lowest BCUT2D eigenvalue weighted by Gasteiger charge is -2.12. The summed E-state index contributed by atoms with van der Waals surface area (Å²) in [5.41, 5.74) is 4.46. The van der Waals surface area contributed by atoms with Crippen LogP contribution in [-0.4, -0.2) is 13.1 Å². The summed E-state index contributed by atoms with van der Waals surface area (Å²) in [5.74, 6) is -0.838. The minimum Gasteiger partial charge on any atom is -0.465 e. The van der Waals surface area contributed by atoms with Gasteiger partial charge in [-0.2, -0.15) is 13.2 Å². The Morgan fingerprint density at radius 3 is 2.29 bits per heavy atom. The van der Waals surface area contributed by atoms with E-state index in [9.17, 15) is 18.0 Å². The van der Waals surface area contributed by atoms with Crippen LogP contribution in [0.3, 0.4) is 0 Å². The molecule has 1 aromatic rings. The second kappa shape index (κ2) is 5.27. The van der Waals surface area contributed by atoms with E-state index in [1.165, 1.54) is 6.92 Å². The molecule has 0 unspecified atom stereocenters. The molecule has 0 saturated carbocycles. The average molecular weight is 270 g/mol. The van der Waals surface area contributed by atoms with Crippen LogP contribution in [0, 0.1) is 6.92 Å². The van der Waals surface area contributed by atoms with E-state index in [0.717, 1.165) is 19.2 Å². The lowest BCUT2D eigenvalue weighted by Crippen LogP contribution is -2.12. The molecule has 7 heteroatoms. The molecule has 96 valence electrons. The van der Waals surface area contributed by atoms with Crippen LogP contribution in [0.25, 0.3) is 0 Å². The number of methoxy groups -OCH3 is 1. The lowest BCUT2D eigenvalue weighted by atomic mass is 10.0. The Morgan fingerprint density at radius 1 is 1.35 bits per heavy atom. The van der Waals surface area contributed by atoms with Crippen molar-refractivity contribution in [3.8, 4) is 0 Å². The van der Waals surface area contributed by atoms with E-state index >= 15 is 0 Å². The minimum absolute atomic E-state index is 0. The molecule has 0 amide bonds. The molecular weight excluding hydrogens is 259 g/mol. The highest BCUT2D eigenvalue weighted by atomic mass is 35.5. The van der Waals surface area contributed by atoms with Crippen LogP contribution in [0.1, 0.15) is 21.5 Å². The van der Waals surface area contributed by atoms with Gasteiger partial charge in [-0.05, 0) is 24.6 Å². The van der Waals surface area contributed by atoms with Crippen molar-refractivity contribution in [1.82, 2.24) is 0 Å². The van der Waals surface area contributed by atoms with Gasteiger partial charge in [0.15, 0.2) is 0 Å². The first-order chi connectivity index (χ1) is 7.27. The Bertz CT molecular complexity index is 432. The maximum atomic E-state index is 12.4. The predicted octanol–water partition coefficient (Wildman–Crippen LogP) is 2.80. The number of ether oxygens (including phenoxy) is 1. The highest BCUT2D eigenvalue weighted by Crippen LogP contribution is 2.33. The van der Waals surface area contributed by atoms with Gasteiger partial charge in [0, 0.05) is 5.69 Å². The van der Waals surface area contributed by atoms with Crippen LogP contribution >= 0.6 is 12.4 Å². The van der Waals surface area contributed by atoms with E-state index in [-0.39, 0.29) is 29.2 Å². The molecule has 3 nitrogen and oxygen atoms in total. The number of hydrogen-bond donors (Lipinski definition) is 1. The number of anilines is 1. The molecule has 0 atom stereocenters. The van der Waals surface area contributed by atoms with Crippen molar-refractivity contribution >= 4 is 24.1 Å². The smallest absolute Gasteiger partial charge is 0.416 e. The standard InChI is InChI=1S/C10H10F3NO2.ClH/c1-5-7(9(15)16-2)3-6(4-8(5)14)10(11,12)13;/h3-4H,14H2,1-2H3;1H. The number of alkyl halides is 3. The highest BCUT2D eigenvalue weighted by Gasteiger charge is 2.32. The normalized spacial score (nSPS) is 10.6. The van der Waals surface area contributed by atoms with Gasteiger partial charge in [0.1, 0.15) is 0 Å². The third-order valence-electron chi connectivity index (χ3n) is 2.18. The number of halogens is 4. The van der Waals surface area contributed by atoms with Gasteiger partial charge in [-0.25, -0.2) is 4.79 Å². The van der Waals surface area contributed by atoms with Crippen molar-refractivity contribution in [1.29, 1.82) is 0 Å². The molecule has 1 rings (SSSR count). The van der Waals surface area contributed by atoms with Gasteiger partial charge < -0.3 is 10.5 Å². The van der Waals surface area contributed by atoms with Crippen molar-refractivity contribution in [3.05, 3.63) is 28.8 Å². The Hall–Kier alpha value is -1.43. The predicted molar refractivity (Wildman–Crippen MR) is 59.2 cm³/mol. The molecular formula is C10H11ClF3NO2. The van der Waals surface area contributed by atoms with Crippen molar-refractivity contribution < 1.29 is 22.7 Å². The number of rotatable bonds is 1. The quantitative estimate of drug-likeness (QED) is 0.630. The number of hydrogen-bond acceptors (Lipinski definition) is 3. The molecule has 0 aliphatic rings. The lowest BCUT2D eigenvalue weighted by molar-refractivity contribution is -0.137. The van der Waals surface area contributed by atoms with E-state index in [1.54, 1.807) is 0 Å². The van der Waals surface area contributed by atoms with E-state index < -0.39 is 17.7 Å². The first-order valence-electron chi connectivity index (χ1n) is 4.33. The second-order valence-electron chi connectivity index (χ2n) is 3.23. The minimum atomic E-state index is -4.54. The molecule has 0 aromatic heterocycles. The van der Waals surface area contributed by atoms with Crippen LogP contribution in [0.4, 0.5) is 18.9 Å². The summed E-state index contributed by atoms with van der Waals surface area (Å²) in [6.07, 6.45) is -4.54. The molecule has 0 aliphatic carbocycles. The number of esters is 1. The Kier molecular flexibility index (Phi) is 4.82. The summed E-state index contributed by atoms with van der Waals surface area (Å²) in [6, 6.07) is 1.53.